The first-order valence-corrected chi connectivity index (χ1v) is 9.05. The first kappa shape index (κ1) is 20.6. The predicted molar refractivity (Wildman–Crippen MR) is 99.7 cm³/mol. The van der Waals surface area contributed by atoms with E-state index in [4.69, 9.17) is 13.9 Å². The van der Waals surface area contributed by atoms with Crippen LogP contribution in [0.1, 0.15) is 41.6 Å². The highest BCUT2D eigenvalue weighted by molar-refractivity contribution is 5.90. The molecule has 1 fully saturated rings. The number of methoxy groups -OCH3 is 1. The van der Waals surface area contributed by atoms with Gasteiger partial charge in [0.1, 0.15) is 17.1 Å². The summed E-state index contributed by atoms with van der Waals surface area (Å²) in [7, 11) is 3.03. The van der Waals surface area contributed by atoms with Gasteiger partial charge in [-0.2, -0.15) is 0 Å². The molecule has 1 amide bonds. The summed E-state index contributed by atoms with van der Waals surface area (Å²) >= 11 is 0. The molecule has 0 spiro atoms. The van der Waals surface area contributed by atoms with Crippen molar-refractivity contribution < 1.29 is 23.5 Å². The molecule has 0 unspecified atom stereocenters. The maximum absolute atomic E-state index is 11.7. The first-order valence-electron chi connectivity index (χ1n) is 9.05. The van der Waals surface area contributed by atoms with Crippen LogP contribution in [-0.4, -0.2) is 62.8 Å². The van der Waals surface area contributed by atoms with Crippen molar-refractivity contribution >= 4 is 18.0 Å². The fourth-order valence-corrected chi connectivity index (χ4v) is 2.92. The summed E-state index contributed by atoms with van der Waals surface area (Å²) in [5.41, 5.74) is 0.420. The van der Waals surface area contributed by atoms with E-state index in [2.05, 4.69) is 15.6 Å². The molecular weight excluding hydrogens is 352 g/mol. The second-order valence-electron chi connectivity index (χ2n) is 6.20. The molecule has 1 aliphatic rings. The van der Waals surface area contributed by atoms with Crippen molar-refractivity contribution in [1.29, 1.82) is 0 Å². The van der Waals surface area contributed by atoms with Crippen LogP contribution in [0.15, 0.2) is 15.5 Å². The number of furan rings is 1. The molecule has 0 aromatic carbocycles. The van der Waals surface area contributed by atoms with Crippen molar-refractivity contribution in [2.45, 2.75) is 39.3 Å². The molecule has 2 heterocycles. The van der Waals surface area contributed by atoms with Gasteiger partial charge in [0, 0.05) is 26.2 Å². The van der Waals surface area contributed by atoms with E-state index in [-0.39, 0.29) is 12.1 Å². The molecule has 0 bridgehead atoms. The highest BCUT2D eigenvalue weighted by atomic mass is 16.6. The molecule has 0 atom stereocenters. The van der Waals surface area contributed by atoms with Gasteiger partial charge >= 0.3 is 12.1 Å². The molecule has 9 nitrogen and oxygen atoms in total. The third-order valence-electron chi connectivity index (χ3n) is 4.39. The number of hydrogen-bond donors (Lipinski definition) is 2. The van der Waals surface area contributed by atoms with E-state index in [9.17, 15) is 9.59 Å². The molecule has 2 rings (SSSR count). The molecule has 9 heteroatoms. The highest BCUT2D eigenvalue weighted by Crippen LogP contribution is 2.16. The lowest BCUT2D eigenvalue weighted by molar-refractivity contribution is 0.0598. The smallest absolute Gasteiger partial charge is 0.409 e. The summed E-state index contributed by atoms with van der Waals surface area (Å²) in [6.45, 7) is 5.59. The summed E-state index contributed by atoms with van der Waals surface area (Å²) in [4.78, 5) is 29.3. The Morgan fingerprint density at radius 2 is 2.07 bits per heavy atom. The molecule has 1 aromatic heterocycles. The summed E-state index contributed by atoms with van der Waals surface area (Å²) in [6.07, 6.45) is 1.37. The van der Waals surface area contributed by atoms with Crippen LogP contribution in [0.5, 0.6) is 0 Å². The molecule has 1 saturated heterocycles. The number of ether oxygens (including phenoxy) is 2. The number of nitrogens with zero attached hydrogens (tertiary/aromatic N) is 2. The van der Waals surface area contributed by atoms with Crippen LogP contribution >= 0.6 is 0 Å². The second-order valence-corrected chi connectivity index (χ2v) is 6.20. The zero-order chi connectivity index (χ0) is 19.8. The summed E-state index contributed by atoms with van der Waals surface area (Å²) in [6, 6.07) is 1.88. The molecule has 0 aliphatic carbocycles. The number of likely N-dealkylation sites (tertiary alicyclic amines) is 1. The van der Waals surface area contributed by atoms with E-state index >= 15 is 0 Å². The van der Waals surface area contributed by atoms with Gasteiger partial charge in [0.25, 0.3) is 0 Å². The van der Waals surface area contributed by atoms with Crippen LogP contribution in [0.3, 0.4) is 0 Å². The molecule has 1 aromatic rings. The minimum absolute atomic E-state index is 0.214. The fourth-order valence-electron chi connectivity index (χ4n) is 2.92. The number of esters is 1. The van der Waals surface area contributed by atoms with Crippen LogP contribution in [0, 0.1) is 6.92 Å². The van der Waals surface area contributed by atoms with Crippen LogP contribution in [-0.2, 0) is 16.0 Å². The minimum Gasteiger partial charge on any atom is -0.465 e. The van der Waals surface area contributed by atoms with Crippen LogP contribution in [0.25, 0.3) is 0 Å². The number of guanidine groups is 1. The van der Waals surface area contributed by atoms with E-state index in [0.717, 1.165) is 12.8 Å². The van der Waals surface area contributed by atoms with Gasteiger partial charge in [-0.05, 0) is 32.8 Å². The Morgan fingerprint density at radius 1 is 1.37 bits per heavy atom. The number of carbonyl (C=O) groups is 2. The standard InChI is InChI=1S/C18H28N4O5/c1-5-26-18(24)22-8-6-13(7-9-22)21-17(19-3)20-11-14-10-15(12(2)27-14)16(23)25-4/h10,13H,5-9,11H2,1-4H3,(H2,19,20,21). The molecule has 0 radical (unpaired) electrons. The quantitative estimate of drug-likeness (QED) is 0.455. The van der Waals surface area contributed by atoms with Crippen LogP contribution < -0.4 is 10.6 Å². The van der Waals surface area contributed by atoms with Gasteiger partial charge in [-0.1, -0.05) is 0 Å². The van der Waals surface area contributed by atoms with Crippen molar-refractivity contribution in [3.8, 4) is 0 Å². The Hall–Kier alpha value is -2.71. The van der Waals surface area contributed by atoms with Crippen molar-refractivity contribution in [3.05, 3.63) is 23.2 Å². The zero-order valence-corrected chi connectivity index (χ0v) is 16.3. The Labute approximate surface area is 159 Å². The fraction of sp³-hybridized carbons (Fsp3) is 0.611. The van der Waals surface area contributed by atoms with E-state index in [0.29, 0.717) is 49.3 Å². The van der Waals surface area contributed by atoms with Crippen molar-refractivity contribution in [3.63, 3.8) is 0 Å². The number of rotatable bonds is 5. The van der Waals surface area contributed by atoms with E-state index < -0.39 is 5.97 Å². The average Bonchev–Trinajstić information content (AvgIpc) is 3.05. The van der Waals surface area contributed by atoms with Crippen LogP contribution in [0.4, 0.5) is 4.79 Å². The van der Waals surface area contributed by atoms with Crippen LogP contribution in [0.2, 0.25) is 0 Å². The monoisotopic (exact) mass is 380 g/mol. The Balaban J connectivity index is 1.82. The predicted octanol–water partition coefficient (Wildman–Crippen LogP) is 1.66. The first-order chi connectivity index (χ1) is 13.0. The number of piperidine rings is 1. The number of aliphatic imine (C=N–C) groups is 1. The number of carbonyl (C=O) groups excluding carboxylic acids is 2. The van der Waals surface area contributed by atoms with Crippen molar-refractivity contribution in [1.82, 2.24) is 15.5 Å². The van der Waals surface area contributed by atoms with E-state index in [1.807, 2.05) is 0 Å². The average molecular weight is 380 g/mol. The number of aryl methyl sites for hydroxylation is 1. The second kappa shape index (κ2) is 9.84. The Kier molecular flexibility index (Phi) is 7.51. The van der Waals surface area contributed by atoms with Gasteiger partial charge in [0.2, 0.25) is 0 Å². The number of amides is 1. The molecule has 150 valence electrons. The van der Waals surface area contributed by atoms with Gasteiger partial charge in [-0.15, -0.1) is 0 Å². The summed E-state index contributed by atoms with van der Waals surface area (Å²) < 4.78 is 15.3. The SMILES string of the molecule is CCOC(=O)N1CCC(NC(=NC)NCc2cc(C(=O)OC)c(C)o2)CC1. The topological polar surface area (TPSA) is 105 Å². The van der Waals surface area contributed by atoms with Gasteiger partial charge in [-0.3, -0.25) is 4.99 Å². The number of hydrogen-bond acceptors (Lipinski definition) is 6. The normalized spacial score (nSPS) is 15.4. The van der Waals surface area contributed by atoms with E-state index in [1.165, 1.54) is 7.11 Å². The lowest BCUT2D eigenvalue weighted by atomic mass is 10.1. The zero-order valence-electron chi connectivity index (χ0n) is 16.3. The van der Waals surface area contributed by atoms with Gasteiger partial charge in [0.05, 0.1) is 20.3 Å². The maximum Gasteiger partial charge on any atom is 0.409 e. The summed E-state index contributed by atoms with van der Waals surface area (Å²) in [5.74, 6) is 1.36. The summed E-state index contributed by atoms with van der Waals surface area (Å²) in [5, 5.41) is 6.52. The third kappa shape index (κ3) is 5.63. The van der Waals surface area contributed by atoms with E-state index in [1.54, 1.807) is 31.9 Å². The maximum atomic E-state index is 11.7. The van der Waals surface area contributed by atoms with Crippen molar-refractivity contribution in [2.75, 3.05) is 33.9 Å². The van der Waals surface area contributed by atoms with Gasteiger partial charge in [0.15, 0.2) is 5.96 Å². The minimum atomic E-state index is -0.418. The largest absolute Gasteiger partial charge is 0.465 e. The molecule has 1 aliphatic heterocycles. The lowest BCUT2D eigenvalue weighted by Crippen LogP contribution is -2.49. The Morgan fingerprint density at radius 3 is 2.67 bits per heavy atom. The molecular formula is C18H28N4O5. The highest BCUT2D eigenvalue weighted by Gasteiger charge is 2.24. The Bertz CT molecular complexity index is 677. The molecule has 27 heavy (non-hydrogen) atoms. The molecule has 0 saturated carbocycles. The number of nitrogens with one attached hydrogen (secondary N) is 2. The van der Waals surface area contributed by atoms with Gasteiger partial charge < -0.3 is 29.4 Å². The van der Waals surface area contributed by atoms with Crippen molar-refractivity contribution in [2.24, 2.45) is 4.99 Å². The molecule has 2 N–H and O–H groups in total. The lowest BCUT2D eigenvalue weighted by Gasteiger charge is -2.32. The van der Waals surface area contributed by atoms with Gasteiger partial charge in [-0.25, -0.2) is 9.59 Å². The third-order valence-corrected chi connectivity index (χ3v) is 4.39.